The summed E-state index contributed by atoms with van der Waals surface area (Å²) >= 11 is 14.5. The number of halogens is 3. The van der Waals surface area contributed by atoms with Crippen LogP contribution < -0.4 is 0 Å². The van der Waals surface area contributed by atoms with Gasteiger partial charge in [-0.1, -0.05) is 34.8 Å². The van der Waals surface area contributed by atoms with Gasteiger partial charge in [0, 0.05) is 0 Å². The first-order valence-electron chi connectivity index (χ1n) is 1.54. The summed E-state index contributed by atoms with van der Waals surface area (Å²) in [5.41, 5.74) is 0. The van der Waals surface area contributed by atoms with Crippen LogP contribution in [0.2, 0.25) is 0 Å². The van der Waals surface area contributed by atoms with Crippen LogP contribution in [-0.4, -0.2) is 13.8 Å². The lowest BCUT2D eigenvalue weighted by Crippen LogP contribution is -2.05. The summed E-state index contributed by atoms with van der Waals surface area (Å²) in [4.78, 5) is 16.0. The minimum absolute atomic E-state index is 2.36. The molecule has 0 atom stereocenters. The van der Waals surface area contributed by atoms with E-state index in [-0.39, 0.29) is 0 Å². The molecular weight excluding hydrogens is 213 g/mol. The van der Waals surface area contributed by atoms with Gasteiger partial charge in [-0.25, -0.2) is 9.09 Å². The van der Waals surface area contributed by atoms with Gasteiger partial charge < -0.3 is 9.79 Å². The van der Waals surface area contributed by atoms with Gasteiger partial charge in [-0.3, -0.25) is 0 Å². The number of hydrogen-bond acceptors (Lipinski definition) is 2. The second kappa shape index (κ2) is 2.93. The van der Waals surface area contributed by atoms with Crippen molar-refractivity contribution in [1.29, 1.82) is 0 Å². The average molecular weight is 215 g/mol. The summed E-state index contributed by atoms with van der Waals surface area (Å²) in [6.45, 7) is 0. The predicted octanol–water partition coefficient (Wildman–Crippen LogP) is 1.42. The predicted molar refractivity (Wildman–Crippen MR) is 33.4 cm³/mol. The summed E-state index contributed by atoms with van der Waals surface area (Å²) in [6, 6.07) is 0. The van der Waals surface area contributed by atoms with E-state index in [9.17, 15) is 4.57 Å². The zero-order valence-corrected chi connectivity index (χ0v) is 6.95. The molecule has 56 valence electrons. The van der Waals surface area contributed by atoms with Crippen molar-refractivity contribution in [3.8, 4) is 0 Å². The van der Waals surface area contributed by atoms with Crippen molar-refractivity contribution in [3.05, 3.63) is 0 Å². The molecule has 0 radical (unpaired) electrons. The lowest BCUT2D eigenvalue weighted by Gasteiger charge is -2.11. The summed E-state index contributed by atoms with van der Waals surface area (Å²) in [5.74, 6) is 0. The number of phosphoric acid groups is 1. The quantitative estimate of drug-likeness (QED) is 0.513. The number of rotatable bonds is 1. The molecule has 0 fully saturated rings. The number of hydrogen-bond donors (Lipinski definition) is 2. The second-order valence-electron chi connectivity index (χ2n) is 1.03. The van der Waals surface area contributed by atoms with E-state index in [0.29, 0.717) is 0 Å². The molecule has 0 aliphatic carbocycles. The Hall–Kier alpha value is 0.980. The molecule has 0 rings (SSSR count). The molecule has 0 saturated heterocycles. The Bertz CT molecular complexity index is 133. The van der Waals surface area contributed by atoms with E-state index in [0.717, 1.165) is 0 Å². The lowest BCUT2D eigenvalue weighted by atomic mass is 11.7. The summed E-state index contributed by atoms with van der Waals surface area (Å²) in [5, 5.41) is 0. The maximum Gasteiger partial charge on any atom is 0.473 e. The van der Waals surface area contributed by atoms with Crippen molar-refractivity contribution < 1.29 is 18.9 Å². The third-order valence-corrected chi connectivity index (χ3v) is 1.29. The third-order valence-electron chi connectivity index (χ3n) is 0.222. The highest BCUT2D eigenvalue weighted by Gasteiger charge is 2.31. The molecule has 0 aromatic carbocycles. The Morgan fingerprint density at radius 3 is 1.67 bits per heavy atom. The van der Waals surface area contributed by atoms with Gasteiger partial charge >= 0.3 is 11.8 Å². The standard InChI is InChI=1S/CH2Cl3O4P/c2-1(3,4)8-9(5,6)7/h(H2,5,6,7). The first-order chi connectivity index (χ1) is 3.71. The van der Waals surface area contributed by atoms with Crippen LogP contribution in [0, 0.1) is 0 Å². The van der Waals surface area contributed by atoms with Gasteiger partial charge in [0.1, 0.15) is 0 Å². The molecule has 0 bridgehead atoms. The van der Waals surface area contributed by atoms with Gasteiger partial charge in [0.25, 0.3) is 0 Å². The minimum atomic E-state index is -4.68. The second-order valence-corrected chi connectivity index (χ2v) is 4.37. The first-order valence-corrected chi connectivity index (χ1v) is 4.20. The van der Waals surface area contributed by atoms with Crippen LogP contribution in [0.3, 0.4) is 0 Å². The van der Waals surface area contributed by atoms with E-state index in [1.807, 2.05) is 0 Å². The fraction of sp³-hybridized carbons (Fsp3) is 1.00. The molecule has 0 spiro atoms. The third kappa shape index (κ3) is 8.98. The zero-order valence-electron chi connectivity index (χ0n) is 3.79. The van der Waals surface area contributed by atoms with Gasteiger partial charge in [0.15, 0.2) is 0 Å². The summed E-state index contributed by atoms with van der Waals surface area (Å²) in [7, 11) is -4.68. The van der Waals surface area contributed by atoms with E-state index in [2.05, 4.69) is 4.52 Å². The molecular formula is CH2Cl3O4P. The summed E-state index contributed by atoms with van der Waals surface area (Å²) in [6.07, 6.45) is 0. The molecule has 0 heterocycles. The van der Waals surface area contributed by atoms with E-state index < -0.39 is 11.8 Å². The van der Waals surface area contributed by atoms with Crippen LogP contribution in [0.5, 0.6) is 0 Å². The van der Waals surface area contributed by atoms with E-state index >= 15 is 0 Å². The molecule has 8 heteroatoms. The van der Waals surface area contributed by atoms with Crippen molar-refractivity contribution in [2.24, 2.45) is 0 Å². The van der Waals surface area contributed by atoms with Crippen molar-refractivity contribution in [1.82, 2.24) is 0 Å². The normalized spacial score (nSPS) is 13.9. The molecule has 0 saturated carbocycles. The molecule has 0 aromatic rings. The lowest BCUT2D eigenvalue weighted by molar-refractivity contribution is 0.196. The van der Waals surface area contributed by atoms with Crippen LogP contribution in [0.4, 0.5) is 0 Å². The molecule has 0 aliphatic heterocycles. The van der Waals surface area contributed by atoms with Gasteiger partial charge in [0.2, 0.25) is 0 Å². The van der Waals surface area contributed by atoms with Crippen molar-refractivity contribution in [2.45, 2.75) is 3.98 Å². The molecule has 0 unspecified atom stereocenters. The van der Waals surface area contributed by atoms with Crippen LogP contribution in [0.25, 0.3) is 0 Å². The highest BCUT2D eigenvalue weighted by Crippen LogP contribution is 2.46. The number of phosphoric ester groups is 1. The van der Waals surface area contributed by atoms with Crippen LogP contribution in [0.15, 0.2) is 0 Å². The highest BCUT2D eigenvalue weighted by atomic mass is 35.6. The average Bonchev–Trinajstić information content (AvgIpc) is 1.14. The Labute approximate surface area is 65.9 Å². The molecule has 0 amide bonds. The van der Waals surface area contributed by atoms with Crippen molar-refractivity contribution >= 4 is 42.6 Å². The Kier molecular flexibility index (Phi) is 3.24. The van der Waals surface area contributed by atoms with Crippen LogP contribution >= 0.6 is 42.6 Å². The van der Waals surface area contributed by atoms with Crippen LogP contribution in [-0.2, 0) is 9.09 Å². The number of alkyl halides is 3. The minimum Gasteiger partial charge on any atom is -0.303 e. The Morgan fingerprint density at radius 2 is 1.67 bits per heavy atom. The Balaban J connectivity index is 3.90. The fourth-order valence-electron chi connectivity index (χ4n) is 0.135. The Morgan fingerprint density at radius 1 is 1.33 bits per heavy atom. The van der Waals surface area contributed by atoms with E-state index in [1.165, 1.54) is 0 Å². The molecule has 0 aromatic heterocycles. The molecule has 0 aliphatic rings. The largest absolute Gasteiger partial charge is 0.473 e. The van der Waals surface area contributed by atoms with Gasteiger partial charge in [0.05, 0.1) is 0 Å². The fourth-order valence-corrected chi connectivity index (χ4v) is 1.21. The zero-order chi connectivity index (χ0) is 7.71. The SMILES string of the molecule is O=P(O)(O)OC(Cl)(Cl)Cl. The van der Waals surface area contributed by atoms with E-state index in [1.54, 1.807) is 0 Å². The first kappa shape index (κ1) is 9.98. The topological polar surface area (TPSA) is 66.8 Å². The van der Waals surface area contributed by atoms with Gasteiger partial charge in [-0.15, -0.1) is 0 Å². The highest BCUT2D eigenvalue weighted by molar-refractivity contribution is 7.46. The van der Waals surface area contributed by atoms with E-state index in [4.69, 9.17) is 44.6 Å². The van der Waals surface area contributed by atoms with Crippen molar-refractivity contribution in [3.63, 3.8) is 0 Å². The van der Waals surface area contributed by atoms with Gasteiger partial charge in [-0.2, -0.15) is 0 Å². The maximum absolute atomic E-state index is 9.87. The summed E-state index contributed by atoms with van der Waals surface area (Å²) < 4.78 is 11.1. The molecule has 9 heavy (non-hydrogen) atoms. The monoisotopic (exact) mass is 214 g/mol. The van der Waals surface area contributed by atoms with Crippen LogP contribution in [0.1, 0.15) is 0 Å². The smallest absolute Gasteiger partial charge is 0.303 e. The molecule has 4 nitrogen and oxygen atoms in total. The van der Waals surface area contributed by atoms with Gasteiger partial charge in [-0.05, 0) is 0 Å². The van der Waals surface area contributed by atoms with Crippen molar-refractivity contribution in [2.75, 3.05) is 0 Å². The maximum atomic E-state index is 9.87. The molecule has 2 N–H and O–H groups in total.